The average molecular weight is 571 g/mol. The number of aliphatic carboxylic acids is 1. The van der Waals surface area contributed by atoms with E-state index in [9.17, 15) is 24.3 Å². The largest absolute Gasteiger partial charge is 0.480 e. The molecule has 1 aliphatic rings. The van der Waals surface area contributed by atoms with E-state index < -0.39 is 29.9 Å². The molecule has 10 nitrogen and oxygen atoms in total. The summed E-state index contributed by atoms with van der Waals surface area (Å²) >= 11 is 18.7. The maximum atomic E-state index is 12.7. The minimum atomic E-state index is -1.44. The number of furan rings is 1. The second kappa shape index (κ2) is 12.8. The summed E-state index contributed by atoms with van der Waals surface area (Å²) in [5, 5.41) is 19.6. The van der Waals surface area contributed by atoms with Crippen LogP contribution in [0.15, 0.2) is 41.0 Å². The van der Waals surface area contributed by atoms with E-state index in [-0.39, 0.29) is 34.6 Å². The van der Waals surface area contributed by atoms with Crippen molar-refractivity contribution in [1.29, 1.82) is 0 Å². The van der Waals surface area contributed by atoms with E-state index in [2.05, 4.69) is 21.3 Å². The molecule has 36 heavy (non-hydrogen) atoms. The topological polar surface area (TPSA) is 150 Å². The van der Waals surface area contributed by atoms with Gasteiger partial charge in [0.1, 0.15) is 22.2 Å². The fourth-order valence-corrected chi connectivity index (χ4v) is 4.85. The summed E-state index contributed by atoms with van der Waals surface area (Å²) in [5.41, 5.74) is 0.381. The second-order valence-electron chi connectivity index (χ2n) is 7.41. The number of thiocarbonyl (C=S) groups is 1. The van der Waals surface area contributed by atoms with Crippen molar-refractivity contribution in [3.8, 4) is 0 Å². The molecule has 1 aromatic heterocycles. The number of nitrogens with one attached hydrogen (secondary N) is 4. The highest BCUT2D eigenvalue weighted by atomic mass is 35.5. The number of carboxylic acid groups (broad SMARTS) is 1. The molecular formula is C22H20Cl2N4O6S2. The van der Waals surface area contributed by atoms with Crippen LogP contribution in [0.5, 0.6) is 0 Å². The molecule has 3 rings (SSSR count). The van der Waals surface area contributed by atoms with Gasteiger partial charge in [-0.3, -0.25) is 14.4 Å². The molecule has 0 bridgehead atoms. The molecular weight excluding hydrogens is 551 g/mol. The Bertz CT molecular complexity index is 1180. The highest BCUT2D eigenvalue weighted by Gasteiger charge is 2.28. The summed E-state index contributed by atoms with van der Waals surface area (Å²) in [4.78, 5) is 48.6. The number of halogens is 2. The zero-order chi connectivity index (χ0) is 26.2. The van der Waals surface area contributed by atoms with Gasteiger partial charge < -0.3 is 30.8 Å². The van der Waals surface area contributed by atoms with Crippen LogP contribution >= 0.6 is 47.2 Å². The first-order valence-corrected chi connectivity index (χ1v) is 12.5. The van der Waals surface area contributed by atoms with E-state index in [1.54, 1.807) is 12.1 Å². The Balaban J connectivity index is 1.58. The summed E-state index contributed by atoms with van der Waals surface area (Å²) in [6.07, 6.45) is 4.28. The number of amides is 3. The van der Waals surface area contributed by atoms with Crippen molar-refractivity contribution < 1.29 is 28.7 Å². The Morgan fingerprint density at radius 1 is 1.25 bits per heavy atom. The third-order valence-electron chi connectivity index (χ3n) is 4.81. The standard InChI is InChI=1S/C22H20Cl2N4O6S2/c23-13-6-11(8-25-17(29)4-3-12-2-1-5-34-12)7-14(24)18(13)20(31)27-15(21(32)33)9-26-19(30)16-10-36-22(35)28-16/h1-7,15-16H,8-10H2,(H,25,29)(H,26,30)(H,27,31)(H,28,35)(H,32,33)/t15-,16-/m0/s1. The number of rotatable bonds is 10. The summed E-state index contributed by atoms with van der Waals surface area (Å²) in [7, 11) is 0. The van der Waals surface area contributed by atoms with Crippen molar-refractivity contribution in [1.82, 2.24) is 21.3 Å². The fourth-order valence-electron chi connectivity index (χ4n) is 3.02. The molecule has 0 saturated carbocycles. The average Bonchev–Trinajstić information content (AvgIpc) is 3.50. The third kappa shape index (κ3) is 7.72. The molecule has 0 radical (unpaired) electrons. The predicted molar refractivity (Wildman–Crippen MR) is 140 cm³/mol. The highest BCUT2D eigenvalue weighted by Crippen LogP contribution is 2.27. The zero-order valence-electron chi connectivity index (χ0n) is 18.4. The summed E-state index contributed by atoms with van der Waals surface area (Å²) < 4.78 is 5.59. The molecule has 1 aromatic carbocycles. The van der Waals surface area contributed by atoms with Crippen molar-refractivity contribution in [3.63, 3.8) is 0 Å². The van der Waals surface area contributed by atoms with Crippen LogP contribution in [0.25, 0.3) is 6.08 Å². The van der Waals surface area contributed by atoms with Gasteiger partial charge in [0.15, 0.2) is 0 Å². The van der Waals surface area contributed by atoms with Crippen LogP contribution in [0.1, 0.15) is 21.7 Å². The number of carboxylic acids is 1. The van der Waals surface area contributed by atoms with E-state index in [1.807, 2.05) is 0 Å². The van der Waals surface area contributed by atoms with Gasteiger partial charge in [-0.05, 0) is 35.9 Å². The monoisotopic (exact) mass is 570 g/mol. The van der Waals surface area contributed by atoms with Gasteiger partial charge in [0.2, 0.25) is 11.8 Å². The minimum Gasteiger partial charge on any atom is -0.480 e. The third-order valence-corrected chi connectivity index (χ3v) is 6.76. The molecule has 14 heteroatoms. The molecule has 5 N–H and O–H groups in total. The van der Waals surface area contributed by atoms with Crippen LogP contribution in [0.4, 0.5) is 0 Å². The molecule has 190 valence electrons. The van der Waals surface area contributed by atoms with Gasteiger partial charge in [0, 0.05) is 24.9 Å². The maximum absolute atomic E-state index is 12.7. The van der Waals surface area contributed by atoms with E-state index in [1.165, 1.54) is 42.3 Å². The lowest BCUT2D eigenvalue weighted by molar-refractivity contribution is -0.139. The van der Waals surface area contributed by atoms with Crippen LogP contribution in [-0.4, -0.2) is 57.5 Å². The van der Waals surface area contributed by atoms with Crippen LogP contribution in [-0.2, 0) is 20.9 Å². The molecule has 0 spiro atoms. The van der Waals surface area contributed by atoms with Gasteiger partial charge >= 0.3 is 5.97 Å². The number of hydrogen-bond donors (Lipinski definition) is 5. The Labute approximate surface area is 225 Å². The number of hydrogen-bond acceptors (Lipinski definition) is 7. The van der Waals surface area contributed by atoms with E-state index in [0.29, 0.717) is 21.4 Å². The Hall–Kier alpha value is -3.06. The van der Waals surface area contributed by atoms with Gasteiger partial charge in [-0.2, -0.15) is 0 Å². The lowest BCUT2D eigenvalue weighted by Gasteiger charge is -2.18. The van der Waals surface area contributed by atoms with Gasteiger partial charge in [0.05, 0.1) is 21.9 Å². The molecule has 3 amide bonds. The number of carbonyl (C=O) groups is 4. The highest BCUT2D eigenvalue weighted by molar-refractivity contribution is 8.23. The Morgan fingerprint density at radius 3 is 2.56 bits per heavy atom. The molecule has 1 aliphatic heterocycles. The van der Waals surface area contributed by atoms with Crippen molar-refractivity contribution in [2.24, 2.45) is 0 Å². The fraction of sp³-hybridized carbons (Fsp3) is 0.227. The van der Waals surface area contributed by atoms with Gasteiger partial charge in [-0.1, -0.05) is 47.2 Å². The Morgan fingerprint density at radius 2 is 1.97 bits per heavy atom. The Kier molecular flexibility index (Phi) is 9.76. The number of benzene rings is 1. The van der Waals surface area contributed by atoms with Crippen LogP contribution in [0.3, 0.4) is 0 Å². The van der Waals surface area contributed by atoms with Gasteiger partial charge in [-0.15, -0.1) is 0 Å². The van der Waals surface area contributed by atoms with Crippen molar-refractivity contribution >= 4 is 81.3 Å². The molecule has 0 aliphatic carbocycles. The molecule has 1 fully saturated rings. The number of carbonyl (C=O) groups excluding carboxylic acids is 3. The van der Waals surface area contributed by atoms with Crippen molar-refractivity contribution in [2.75, 3.05) is 12.3 Å². The molecule has 1 saturated heterocycles. The van der Waals surface area contributed by atoms with Crippen LogP contribution < -0.4 is 21.3 Å². The normalized spacial score (nSPS) is 15.8. The first kappa shape index (κ1) is 27.5. The minimum absolute atomic E-state index is 0.0377. The summed E-state index contributed by atoms with van der Waals surface area (Å²) in [6, 6.07) is 4.24. The van der Waals surface area contributed by atoms with Crippen molar-refractivity contribution in [2.45, 2.75) is 18.6 Å². The first-order valence-electron chi connectivity index (χ1n) is 10.4. The van der Waals surface area contributed by atoms with E-state index in [4.69, 9.17) is 39.8 Å². The summed E-state index contributed by atoms with van der Waals surface area (Å²) in [6.45, 7) is -0.288. The smallest absolute Gasteiger partial charge is 0.328 e. The molecule has 2 aromatic rings. The predicted octanol–water partition coefficient (Wildman–Crippen LogP) is 2.21. The van der Waals surface area contributed by atoms with Gasteiger partial charge in [-0.25, -0.2) is 4.79 Å². The van der Waals surface area contributed by atoms with E-state index in [0.717, 1.165) is 0 Å². The first-order chi connectivity index (χ1) is 17.1. The molecule has 2 atom stereocenters. The maximum Gasteiger partial charge on any atom is 0.328 e. The molecule has 0 unspecified atom stereocenters. The quantitative estimate of drug-likeness (QED) is 0.214. The lowest BCUT2D eigenvalue weighted by atomic mass is 10.1. The summed E-state index contributed by atoms with van der Waals surface area (Å²) in [5.74, 6) is -2.08. The van der Waals surface area contributed by atoms with Gasteiger partial charge in [0.25, 0.3) is 5.91 Å². The van der Waals surface area contributed by atoms with E-state index >= 15 is 0 Å². The zero-order valence-corrected chi connectivity index (χ0v) is 21.5. The second-order valence-corrected chi connectivity index (χ2v) is 9.92. The molecule has 2 heterocycles. The lowest BCUT2D eigenvalue weighted by Crippen LogP contribution is -2.51. The van der Waals surface area contributed by atoms with Crippen LogP contribution in [0.2, 0.25) is 10.0 Å². The van der Waals surface area contributed by atoms with Crippen LogP contribution in [0, 0.1) is 0 Å². The number of thioether (sulfide) groups is 1. The SMILES string of the molecule is O=C(C=Cc1ccco1)NCc1cc(Cl)c(C(=O)N[C@@H](CNC(=O)[C@@H]2CSC(=S)N2)C(=O)O)c(Cl)c1. The van der Waals surface area contributed by atoms with Crippen molar-refractivity contribution in [3.05, 3.63) is 63.5 Å².